The summed E-state index contributed by atoms with van der Waals surface area (Å²) in [6.45, 7) is 3.80. The highest BCUT2D eigenvalue weighted by molar-refractivity contribution is 7.18. The van der Waals surface area contributed by atoms with Crippen molar-refractivity contribution in [2.75, 3.05) is 7.11 Å². The van der Waals surface area contributed by atoms with Gasteiger partial charge in [-0.2, -0.15) is 0 Å². The van der Waals surface area contributed by atoms with Gasteiger partial charge in [0.2, 0.25) is 0 Å². The minimum absolute atomic E-state index is 0.0212. The van der Waals surface area contributed by atoms with Gasteiger partial charge in [-0.05, 0) is 43.7 Å². The number of thiophene rings is 1. The van der Waals surface area contributed by atoms with Gasteiger partial charge in [-0.1, -0.05) is 17.7 Å². The van der Waals surface area contributed by atoms with Gasteiger partial charge in [0.05, 0.1) is 35.4 Å². The molecule has 5 aromatic rings. The molecule has 1 aromatic carbocycles. The molecule has 0 atom stereocenters. The first-order valence-electron chi connectivity index (χ1n) is 10.4. The summed E-state index contributed by atoms with van der Waals surface area (Å²) in [5.41, 5.74) is 0.793. The molecule has 4 aromatic heterocycles. The van der Waals surface area contributed by atoms with Crippen LogP contribution in [0.15, 0.2) is 63.0 Å². The van der Waals surface area contributed by atoms with Crippen molar-refractivity contribution in [3.8, 4) is 11.4 Å². The third kappa shape index (κ3) is 3.53. The van der Waals surface area contributed by atoms with Gasteiger partial charge in [-0.15, -0.1) is 11.3 Å². The summed E-state index contributed by atoms with van der Waals surface area (Å²) in [6.07, 6.45) is 1.50. The van der Waals surface area contributed by atoms with Crippen molar-refractivity contribution >= 4 is 38.8 Å². The molecule has 0 aliphatic heterocycles. The van der Waals surface area contributed by atoms with Crippen LogP contribution in [0, 0.1) is 13.8 Å². The topological polar surface area (TPSA) is 87.6 Å². The third-order valence-corrected chi connectivity index (χ3v) is 7.21. The average molecular weight is 495 g/mol. The van der Waals surface area contributed by atoms with Crippen LogP contribution < -0.4 is 21.5 Å². The van der Waals surface area contributed by atoms with E-state index in [1.165, 1.54) is 39.7 Å². The number of aryl methyl sites for hydroxylation is 2. The van der Waals surface area contributed by atoms with Crippen LogP contribution in [-0.4, -0.2) is 25.6 Å². The summed E-state index contributed by atoms with van der Waals surface area (Å²) < 4.78 is 9.26. The van der Waals surface area contributed by atoms with Crippen LogP contribution in [0.25, 0.3) is 21.6 Å². The van der Waals surface area contributed by atoms with E-state index in [4.69, 9.17) is 16.3 Å². The van der Waals surface area contributed by atoms with Crippen LogP contribution in [0.1, 0.15) is 16.1 Å². The fourth-order valence-electron chi connectivity index (χ4n) is 3.94. The van der Waals surface area contributed by atoms with Crippen molar-refractivity contribution in [3.05, 3.63) is 101 Å². The highest BCUT2D eigenvalue weighted by Crippen LogP contribution is 2.27. The van der Waals surface area contributed by atoms with Crippen LogP contribution >= 0.6 is 22.9 Å². The number of fused-ring (bicyclic) bond motifs is 2. The first kappa shape index (κ1) is 22.1. The van der Waals surface area contributed by atoms with Crippen molar-refractivity contribution in [1.29, 1.82) is 0 Å². The molecule has 0 spiro atoms. The minimum Gasteiger partial charge on any atom is -0.497 e. The normalized spacial score (nSPS) is 11.4. The quantitative estimate of drug-likeness (QED) is 0.381. The number of halogens is 1. The van der Waals surface area contributed by atoms with Gasteiger partial charge in [0, 0.05) is 23.2 Å². The van der Waals surface area contributed by atoms with E-state index in [0.717, 1.165) is 15.0 Å². The SMILES string of the molecule is COc1cccc(-n2c(=O)c3c(C)c(C)sc3n(Cc3cc(=O)n4cc(Cl)ccc4n3)c2=O)c1. The largest absolute Gasteiger partial charge is 0.497 e. The lowest BCUT2D eigenvalue weighted by Crippen LogP contribution is -2.39. The Morgan fingerprint density at radius 3 is 2.65 bits per heavy atom. The number of hydrogen-bond donors (Lipinski definition) is 0. The number of rotatable bonds is 4. The second-order valence-electron chi connectivity index (χ2n) is 7.84. The van der Waals surface area contributed by atoms with Crippen LogP contribution in [0.3, 0.4) is 0 Å². The summed E-state index contributed by atoms with van der Waals surface area (Å²) in [4.78, 5) is 45.9. The Kier molecular flexibility index (Phi) is 5.38. The van der Waals surface area contributed by atoms with Gasteiger partial charge in [0.25, 0.3) is 11.1 Å². The van der Waals surface area contributed by atoms with Gasteiger partial charge in [-0.25, -0.2) is 14.3 Å². The maximum Gasteiger partial charge on any atom is 0.337 e. The van der Waals surface area contributed by atoms with Crippen LogP contribution in [0.5, 0.6) is 5.75 Å². The Morgan fingerprint density at radius 2 is 1.88 bits per heavy atom. The van der Waals surface area contributed by atoms with E-state index in [1.54, 1.807) is 36.4 Å². The van der Waals surface area contributed by atoms with E-state index in [-0.39, 0.29) is 12.1 Å². The maximum absolute atomic E-state index is 13.7. The Morgan fingerprint density at radius 1 is 1.09 bits per heavy atom. The summed E-state index contributed by atoms with van der Waals surface area (Å²) in [6, 6.07) is 11.4. The molecular formula is C24H19ClN4O4S. The van der Waals surface area contributed by atoms with E-state index in [2.05, 4.69) is 4.98 Å². The molecule has 0 aliphatic rings. The number of nitrogens with zero attached hydrogens (tertiary/aromatic N) is 4. The molecule has 8 nitrogen and oxygen atoms in total. The van der Waals surface area contributed by atoms with Crippen molar-refractivity contribution in [1.82, 2.24) is 18.5 Å². The smallest absolute Gasteiger partial charge is 0.337 e. The molecule has 4 heterocycles. The molecule has 0 saturated carbocycles. The monoisotopic (exact) mass is 494 g/mol. The minimum atomic E-state index is -0.523. The highest BCUT2D eigenvalue weighted by atomic mass is 35.5. The molecule has 10 heteroatoms. The predicted octanol–water partition coefficient (Wildman–Crippen LogP) is 3.55. The van der Waals surface area contributed by atoms with E-state index >= 15 is 0 Å². The fourth-order valence-corrected chi connectivity index (χ4v) is 5.24. The van der Waals surface area contributed by atoms with Crippen molar-refractivity contribution in [3.63, 3.8) is 0 Å². The molecule has 0 bridgehead atoms. The number of ether oxygens (including phenoxy) is 1. The van der Waals surface area contributed by atoms with Crippen molar-refractivity contribution in [2.45, 2.75) is 20.4 Å². The predicted molar refractivity (Wildman–Crippen MR) is 133 cm³/mol. The molecule has 5 rings (SSSR count). The number of pyridine rings is 1. The first-order chi connectivity index (χ1) is 16.3. The standard InChI is InChI=1S/C24H19ClN4O4S/c1-13-14(2)34-23-21(13)22(31)29(17-5-4-6-18(10-17)33-3)24(32)28(23)12-16-9-20(30)27-11-15(25)7-8-19(27)26-16/h4-11H,12H2,1-3H3. The Hall–Kier alpha value is -3.69. The molecule has 0 unspecified atom stereocenters. The van der Waals surface area contributed by atoms with Gasteiger partial charge in [-0.3, -0.25) is 18.6 Å². The zero-order valence-corrected chi connectivity index (χ0v) is 20.1. The number of aromatic nitrogens is 4. The summed E-state index contributed by atoms with van der Waals surface area (Å²) >= 11 is 7.37. The molecular weight excluding hydrogens is 476 g/mol. The van der Waals surface area contributed by atoms with E-state index in [1.807, 2.05) is 13.8 Å². The third-order valence-electron chi connectivity index (χ3n) is 5.76. The lowest BCUT2D eigenvalue weighted by Gasteiger charge is -2.13. The Balaban J connectivity index is 1.79. The van der Waals surface area contributed by atoms with E-state index < -0.39 is 11.2 Å². The van der Waals surface area contributed by atoms with Gasteiger partial charge >= 0.3 is 5.69 Å². The first-order valence-corrected chi connectivity index (χ1v) is 11.6. The second kappa shape index (κ2) is 8.27. The lowest BCUT2D eigenvalue weighted by molar-refractivity contribution is 0.414. The molecule has 0 fully saturated rings. The number of benzene rings is 1. The van der Waals surface area contributed by atoms with Gasteiger partial charge in [0.1, 0.15) is 16.2 Å². The number of hydrogen-bond acceptors (Lipinski definition) is 6. The summed E-state index contributed by atoms with van der Waals surface area (Å²) in [7, 11) is 1.52. The van der Waals surface area contributed by atoms with Crippen LogP contribution in [0.2, 0.25) is 5.02 Å². The molecule has 34 heavy (non-hydrogen) atoms. The molecule has 172 valence electrons. The molecule has 0 aliphatic carbocycles. The summed E-state index contributed by atoms with van der Waals surface area (Å²) in [5.74, 6) is 0.525. The Bertz CT molecular complexity index is 1780. The van der Waals surface area contributed by atoms with Crippen LogP contribution in [-0.2, 0) is 6.54 Å². The van der Waals surface area contributed by atoms with E-state index in [0.29, 0.717) is 38.0 Å². The van der Waals surface area contributed by atoms with E-state index in [9.17, 15) is 14.4 Å². The van der Waals surface area contributed by atoms with Crippen LogP contribution in [0.4, 0.5) is 0 Å². The summed E-state index contributed by atoms with van der Waals surface area (Å²) in [5, 5.41) is 0.881. The van der Waals surface area contributed by atoms with Gasteiger partial charge < -0.3 is 4.74 Å². The molecule has 0 amide bonds. The lowest BCUT2D eigenvalue weighted by atomic mass is 10.2. The second-order valence-corrected chi connectivity index (χ2v) is 9.48. The fraction of sp³-hybridized carbons (Fsp3) is 0.167. The van der Waals surface area contributed by atoms with Gasteiger partial charge in [0.15, 0.2) is 0 Å². The molecule has 0 radical (unpaired) electrons. The zero-order valence-electron chi connectivity index (χ0n) is 18.5. The van der Waals surface area contributed by atoms with Crippen molar-refractivity contribution in [2.24, 2.45) is 0 Å². The average Bonchev–Trinajstić information content (AvgIpc) is 3.11. The highest BCUT2D eigenvalue weighted by Gasteiger charge is 2.20. The molecule has 0 N–H and O–H groups in total. The number of methoxy groups -OCH3 is 1. The zero-order chi connectivity index (χ0) is 24.1. The van der Waals surface area contributed by atoms with Crippen molar-refractivity contribution < 1.29 is 4.74 Å². The Labute approximate surface area is 201 Å². The maximum atomic E-state index is 13.7. The molecule has 0 saturated heterocycles.